The Kier molecular flexibility index (Phi) is 6.88. The van der Waals surface area contributed by atoms with Gasteiger partial charge in [-0.25, -0.2) is 4.79 Å². The van der Waals surface area contributed by atoms with Gasteiger partial charge in [-0.2, -0.15) is 5.10 Å². The zero-order valence-corrected chi connectivity index (χ0v) is 18.4. The number of carboxylic acids is 1. The summed E-state index contributed by atoms with van der Waals surface area (Å²) in [4.78, 5) is 36.0. The summed E-state index contributed by atoms with van der Waals surface area (Å²) in [5.74, 6) is -1.71. The number of benzene rings is 2. The van der Waals surface area contributed by atoms with Crippen LogP contribution in [0.3, 0.4) is 0 Å². The third-order valence-corrected chi connectivity index (χ3v) is 5.48. The Bertz CT molecular complexity index is 1160. The van der Waals surface area contributed by atoms with Crippen LogP contribution in [0.4, 0.5) is 10.5 Å². The number of carbonyl (C=O) groups is 3. The van der Waals surface area contributed by atoms with Crippen LogP contribution in [0, 0.1) is 0 Å². The zero-order chi connectivity index (χ0) is 24.1. The minimum atomic E-state index is -1.06. The molecule has 1 unspecified atom stereocenters. The third-order valence-electron chi connectivity index (χ3n) is 5.48. The molecule has 0 fully saturated rings. The highest BCUT2D eigenvalue weighted by molar-refractivity contribution is 5.96. The topological polar surface area (TPSA) is 132 Å². The molecule has 0 radical (unpaired) electrons. The summed E-state index contributed by atoms with van der Waals surface area (Å²) in [5, 5.41) is 17.8. The quantitative estimate of drug-likeness (QED) is 0.443. The van der Waals surface area contributed by atoms with Gasteiger partial charge in [-0.1, -0.05) is 48.5 Å². The van der Waals surface area contributed by atoms with Gasteiger partial charge in [-0.3, -0.25) is 14.3 Å². The van der Waals surface area contributed by atoms with Gasteiger partial charge in [0.05, 0.1) is 18.5 Å². The van der Waals surface area contributed by atoms with E-state index in [2.05, 4.69) is 15.7 Å². The number of nitrogens with zero attached hydrogens (tertiary/aromatic N) is 2. The largest absolute Gasteiger partial charge is 0.480 e. The Morgan fingerprint density at radius 2 is 1.74 bits per heavy atom. The number of anilines is 1. The Morgan fingerprint density at radius 1 is 1.09 bits per heavy atom. The van der Waals surface area contributed by atoms with Crippen molar-refractivity contribution < 1.29 is 29.0 Å². The van der Waals surface area contributed by atoms with Gasteiger partial charge in [0.25, 0.3) is 0 Å². The number of nitrogens with one attached hydrogen (secondary N) is 2. The van der Waals surface area contributed by atoms with Crippen molar-refractivity contribution in [2.75, 3.05) is 25.6 Å². The van der Waals surface area contributed by atoms with Crippen LogP contribution in [-0.2, 0) is 25.6 Å². The van der Waals surface area contributed by atoms with Gasteiger partial charge in [0, 0.05) is 19.2 Å². The summed E-state index contributed by atoms with van der Waals surface area (Å²) in [6, 6.07) is 15.0. The summed E-state index contributed by atoms with van der Waals surface area (Å²) in [5.41, 5.74) is 4.70. The molecule has 10 nitrogen and oxygen atoms in total. The molecule has 0 saturated carbocycles. The van der Waals surface area contributed by atoms with Crippen molar-refractivity contribution >= 4 is 23.7 Å². The van der Waals surface area contributed by atoms with E-state index in [4.69, 9.17) is 14.6 Å². The molecule has 2 aromatic carbocycles. The first kappa shape index (κ1) is 23.0. The summed E-state index contributed by atoms with van der Waals surface area (Å²) in [7, 11) is 1.41. The lowest BCUT2D eigenvalue weighted by atomic mass is 9.98. The fourth-order valence-electron chi connectivity index (χ4n) is 4.01. The molecule has 1 aliphatic rings. The number of amides is 2. The number of carboxylic acid groups (broad SMARTS) is 1. The van der Waals surface area contributed by atoms with Crippen molar-refractivity contribution in [2.45, 2.75) is 18.5 Å². The number of carbonyl (C=O) groups excluding carboxylic acids is 2. The van der Waals surface area contributed by atoms with Crippen LogP contribution in [0.2, 0.25) is 0 Å². The molecule has 1 heterocycles. The van der Waals surface area contributed by atoms with E-state index >= 15 is 0 Å². The summed E-state index contributed by atoms with van der Waals surface area (Å²) >= 11 is 0. The van der Waals surface area contributed by atoms with Crippen molar-refractivity contribution in [2.24, 2.45) is 0 Å². The molecule has 0 saturated heterocycles. The molecule has 1 aliphatic carbocycles. The second-order valence-electron chi connectivity index (χ2n) is 7.79. The fourth-order valence-corrected chi connectivity index (χ4v) is 4.01. The van der Waals surface area contributed by atoms with Gasteiger partial charge in [0.1, 0.15) is 19.2 Å². The fraction of sp³-hybridized carbons (Fsp3) is 0.250. The lowest BCUT2D eigenvalue weighted by molar-refractivity contribution is -0.137. The van der Waals surface area contributed by atoms with Gasteiger partial charge in [0.2, 0.25) is 5.91 Å². The van der Waals surface area contributed by atoms with Gasteiger partial charge in [-0.05, 0) is 22.3 Å². The number of ether oxygens (including phenoxy) is 2. The van der Waals surface area contributed by atoms with Crippen molar-refractivity contribution in [1.29, 1.82) is 0 Å². The number of hydrogen-bond donors (Lipinski definition) is 3. The van der Waals surface area contributed by atoms with E-state index < -0.39 is 24.0 Å². The molecule has 0 aliphatic heterocycles. The first-order valence-electron chi connectivity index (χ1n) is 10.6. The number of alkyl carbamates (subject to hydrolysis) is 1. The van der Waals surface area contributed by atoms with E-state index in [1.54, 1.807) is 0 Å². The SMILES string of the molecule is COCC(NC(=O)OCC1c2ccccc2-c2ccccc21)C(=O)Nc1cnn(CC(=O)O)c1. The van der Waals surface area contributed by atoms with Crippen LogP contribution in [0.25, 0.3) is 11.1 Å². The number of rotatable bonds is 9. The number of methoxy groups -OCH3 is 1. The monoisotopic (exact) mass is 464 g/mol. The highest BCUT2D eigenvalue weighted by atomic mass is 16.5. The summed E-state index contributed by atoms with van der Waals surface area (Å²) in [6.45, 7) is -0.308. The van der Waals surface area contributed by atoms with Crippen molar-refractivity contribution in [3.63, 3.8) is 0 Å². The minimum absolute atomic E-state index is 0.0840. The molecule has 4 rings (SSSR count). The third kappa shape index (κ3) is 5.07. The average Bonchev–Trinajstić information content (AvgIpc) is 3.38. The summed E-state index contributed by atoms with van der Waals surface area (Å²) in [6.07, 6.45) is 1.95. The van der Waals surface area contributed by atoms with E-state index in [9.17, 15) is 14.4 Å². The molecule has 176 valence electrons. The molecule has 3 aromatic rings. The number of hydrogen-bond acceptors (Lipinski definition) is 6. The normalized spacial score (nSPS) is 13.0. The second kappa shape index (κ2) is 10.2. The standard InChI is InChI=1S/C24H24N4O6/c1-33-14-21(23(31)26-15-10-25-28(11-15)12-22(29)30)27-24(32)34-13-20-18-8-4-2-6-16(18)17-7-3-5-9-19(17)20/h2-11,20-21H,12-14H2,1H3,(H,26,31)(H,27,32)(H,29,30). The van der Waals surface area contributed by atoms with E-state index in [1.807, 2.05) is 48.5 Å². The van der Waals surface area contributed by atoms with Crippen LogP contribution in [0.1, 0.15) is 17.0 Å². The van der Waals surface area contributed by atoms with Gasteiger partial charge >= 0.3 is 12.1 Å². The Balaban J connectivity index is 1.37. The molecule has 1 atom stereocenters. The van der Waals surface area contributed by atoms with Crippen LogP contribution >= 0.6 is 0 Å². The summed E-state index contributed by atoms with van der Waals surface area (Å²) < 4.78 is 11.7. The number of fused-ring (bicyclic) bond motifs is 3. The molecule has 0 spiro atoms. The molecule has 10 heteroatoms. The molecule has 34 heavy (non-hydrogen) atoms. The van der Waals surface area contributed by atoms with E-state index in [0.717, 1.165) is 22.3 Å². The maximum absolute atomic E-state index is 12.6. The minimum Gasteiger partial charge on any atom is -0.480 e. The average molecular weight is 464 g/mol. The first-order valence-corrected chi connectivity index (χ1v) is 10.6. The van der Waals surface area contributed by atoms with Gasteiger partial charge in [0.15, 0.2) is 0 Å². The predicted molar refractivity (Wildman–Crippen MR) is 122 cm³/mol. The highest BCUT2D eigenvalue weighted by Crippen LogP contribution is 2.44. The van der Waals surface area contributed by atoms with Gasteiger partial charge < -0.3 is 25.2 Å². The molecular weight excluding hydrogens is 440 g/mol. The maximum Gasteiger partial charge on any atom is 0.407 e. The van der Waals surface area contributed by atoms with Crippen molar-refractivity contribution in [3.8, 4) is 11.1 Å². The highest BCUT2D eigenvalue weighted by Gasteiger charge is 2.30. The second-order valence-corrected chi connectivity index (χ2v) is 7.79. The molecular formula is C24H24N4O6. The van der Waals surface area contributed by atoms with E-state index in [0.29, 0.717) is 5.69 Å². The van der Waals surface area contributed by atoms with Gasteiger partial charge in [-0.15, -0.1) is 0 Å². The van der Waals surface area contributed by atoms with Crippen LogP contribution in [0.15, 0.2) is 60.9 Å². The Hall–Kier alpha value is -4.18. The molecule has 1 aromatic heterocycles. The van der Waals surface area contributed by atoms with Crippen LogP contribution in [0.5, 0.6) is 0 Å². The lowest BCUT2D eigenvalue weighted by Gasteiger charge is -2.19. The van der Waals surface area contributed by atoms with E-state index in [1.165, 1.54) is 24.2 Å². The van der Waals surface area contributed by atoms with Crippen LogP contribution in [-0.4, -0.2) is 59.2 Å². The molecule has 2 amide bonds. The molecule has 3 N–H and O–H groups in total. The lowest BCUT2D eigenvalue weighted by Crippen LogP contribution is -2.47. The first-order chi connectivity index (χ1) is 16.5. The number of aromatic nitrogens is 2. The Labute approximate surface area is 195 Å². The molecule has 0 bridgehead atoms. The Morgan fingerprint density at radius 3 is 2.35 bits per heavy atom. The van der Waals surface area contributed by atoms with Crippen LogP contribution < -0.4 is 10.6 Å². The van der Waals surface area contributed by atoms with E-state index in [-0.39, 0.29) is 25.7 Å². The zero-order valence-electron chi connectivity index (χ0n) is 18.4. The van der Waals surface area contributed by atoms with Crippen molar-refractivity contribution in [1.82, 2.24) is 15.1 Å². The predicted octanol–water partition coefficient (Wildman–Crippen LogP) is 2.46. The smallest absolute Gasteiger partial charge is 0.407 e. The number of aliphatic carboxylic acids is 1. The maximum atomic E-state index is 12.6. The van der Waals surface area contributed by atoms with Crippen molar-refractivity contribution in [3.05, 3.63) is 72.1 Å².